The van der Waals surface area contributed by atoms with Crippen molar-refractivity contribution in [1.82, 2.24) is 4.90 Å². The van der Waals surface area contributed by atoms with Gasteiger partial charge in [0, 0.05) is 19.5 Å². The molecule has 0 aliphatic carbocycles. The topological polar surface area (TPSA) is 27.0 Å². The molecule has 0 atom stereocenters. The van der Waals surface area contributed by atoms with Crippen LogP contribution in [0, 0.1) is 25.2 Å². The molecule has 2 heteroatoms. The first kappa shape index (κ1) is 12.7. The highest BCUT2D eigenvalue weighted by molar-refractivity contribution is 5.29. The van der Waals surface area contributed by atoms with Gasteiger partial charge in [0.1, 0.15) is 0 Å². The maximum atomic E-state index is 8.58. The molecule has 86 valence electrons. The highest BCUT2D eigenvalue weighted by Gasteiger charge is 2.04. The first-order chi connectivity index (χ1) is 7.67. The molecule has 2 nitrogen and oxygen atoms in total. The summed E-state index contributed by atoms with van der Waals surface area (Å²) in [5.74, 6) is 0. The Morgan fingerprint density at radius 1 is 1.25 bits per heavy atom. The highest BCUT2D eigenvalue weighted by atomic mass is 15.1. The summed E-state index contributed by atoms with van der Waals surface area (Å²) >= 11 is 0. The van der Waals surface area contributed by atoms with Gasteiger partial charge < -0.3 is 0 Å². The number of benzene rings is 1. The summed E-state index contributed by atoms with van der Waals surface area (Å²) in [5.41, 5.74) is 4.01. The molecule has 0 saturated carbocycles. The van der Waals surface area contributed by atoms with E-state index in [0.717, 1.165) is 19.6 Å². The summed E-state index contributed by atoms with van der Waals surface area (Å²) in [4.78, 5) is 2.30. The average Bonchev–Trinajstić information content (AvgIpc) is 2.29. The molecule has 0 bridgehead atoms. The standard InChI is InChI=1S/C14H20N2/c1-4-16(9-5-8-15)11-14-7-6-12(2)13(3)10-14/h6-7,10H,4-5,9,11H2,1-3H3. The number of aryl methyl sites for hydroxylation is 2. The minimum Gasteiger partial charge on any atom is -0.298 e. The van der Waals surface area contributed by atoms with Gasteiger partial charge in [-0.3, -0.25) is 4.90 Å². The summed E-state index contributed by atoms with van der Waals surface area (Å²) in [6, 6.07) is 8.78. The molecular formula is C14H20N2. The van der Waals surface area contributed by atoms with E-state index in [0.29, 0.717) is 6.42 Å². The van der Waals surface area contributed by atoms with Gasteiger partial charge in [-0.25, -0.2) is 0 Å². The molecule has 0 aliphatic heterocycles. The Balaban J connectivity index is 2.63. The van der Waals surface area contributed by atoms with E-state index in [4.69, 9.17) is 5.26 Å². The summed E-state index contributed by atoms with van der Waals surface area (Å²) in [6.45, 7) is 9.21. The average molecular weight is 216 g/mol. The van der Waals surface area contributed by atoms with Crippen molar-refractivity contribution in [1.29, 1.82) is 5.26 Å². The molecule has 1 aromatic rings. The van der Waals surface area contributed by atoms with Gasteiger partial charge in [-0.15, -0.1) is 0 Å². The third-order valence-corrected chi connectivity index (χ3v) is 2.96. The highest BCUT2D eigenvalue weighted by Crippen LogP contribution is 2.12. The van der Waals surface area contributed by atoms with E-state index < -0.39 is 0 Å². The molecule has 0 saturated heterocycles. The van der Waals surface area contributed by atoms with Crippen molar-refractivity contribution in [2.75, 3.05) is 13.1 Å². The van der Waals surface area contributed by atoms with Crippen molar-refractivity contribution in [2.24, 2.45) is 0 Å². The van der Waals surface area contributed by atoms with Crippen molar-refractivity contribution in [3.8, 4) is 6.07 Å². The Hall–Kier alpha value is -1.33. The van der Waals surface area contributed by atoms with E-state index in [1.54, 1.807) is 0 Å². The van der Waals surface area contributed by atoms with Crippen LogP contribution in [0.2, 0.25) is 0 Å². The zero-order valence-electron chi connectivity index (χ0n) is 10.5. The summed E-state index contributed by atoms with van der Waals surface area (Å²) in [6.07, 6.45) is 0.610. The fourth-order valence-corrected chi connectivity index (χ4v) is 1.72. The Morgan fingerprint density at radius 3 is 2.56 bits per heavy atom. The first-order valence-corrected chi connectivity index (χ1v) is 5.82. The second-order valence-corrected chi connectivity index (χ2v) is 4.20. The van der Waals surface area contributed by atoms with Crippen LogP contribution in [0.5, 0.6) is 0 Å². The smallest absolute Gasteiger partial charge is 0.0635 e. The molecule has 0 N–H and O–H groups in total. The molecule has 0 amide bonds. The van der Waals surface area contributed by atoms with Crippen LogP contribution >= 0.6 is 0 Å². The number of rotatable bonds is 5. The van der Waals surface area contributed by atoms with Gasteiger partial charge in [0.05, 0.1) is 6.07 Å². The lowest BCUT2D eigenvalue weighted by atomic mass is 10.1. The molecular weight excluding hydrogens is 196 g/mol. The molecule has 0 unspecified atom stereocenters. The van der Waals surface area contributed by atoms with Crippen LogP contribution in [0.15, 0.2) is 18.2 Å². The molecule has 0 aliphatic rings. The summed E-state index contributed by atoms with van der Waals surface area (Å²) in [5, 5.41) is 8.58. The summed E-state index contributed by atoms with van der Waals surface area (Å²) < 4.78 is 0. The Labute approximate surface area is 98.5 Å². The molecule has 0 spiro atoms. The van der Waals surface area contributed by atoms with Crippen LogP contribution in [-0.2, 0) is 6.54 Å². The van der Waals surface area contributed by atoms with Gasteiger partial charge in [0.25, 0.3) is 0 Å². The minimum atomic E-state index is 0.610. The Kier molecular flexibility index (Phi) is 5.01. The molecule has 0 aromatic heterocycles. The molecule has 0 radical (unpaired) electrons. The zero-order valence-corrected chi connectivity index (χ0v) is 10.5. The SMILES string of the molecule is CCN(CCC#N)Cc1ccc(C)c(C)c1. The predicted molar refractivity (Wildman–Crippen MR) is 67.1 cm³/mol. The lowest BCUT2D eigenvalue weighted by molar-refractivity contribution is 0.286. The minimum absolute atomic E-state index is 0.610. The molecule has 1 rings (SSSR count). The largest absolute Gasteiger partial charge is 0.298 e. The van der Waals surface area contributed by atoms with Crippen LogP contribution in [0.25, 0.3) is 0 Å². The maximum absolute atomic E-state index is 8.58. The third-order valence-electron chi connectivity index (χ3n) is 2.96. The Bertz CT molecular complexity index is 377. The van der Waals surface area contributed by atoms with E-state index >= 15 is 0 Å². The molecule has 0 heterocycles. The molecule has 1 aromatic carbocycles. The Morgan fingerprint density at radius 2 is 2.00 bits per heavy atom. The van der Waals surface area contributed by atoms with Crippen molar-refractivity contribution in [2.45, 2.75) is 33.7 Å². The lowest BCUT2D eigenvalue weighted by Crippen LogP contribution is -2.23. The number of nitrogens with zero attached hydrogens (tertiary/aromatic N) is 2. The zero-order chi connectivity index (χ0) is 12.0. The molecule has 0 fully saturated rings. The van der Waals surface area contributed by atoms with Crippen molar-refractivity contribution < 1.29 is 0 Å². The van der Waals surface area contributed by atoms with Crippen LogP contribution in [0.3, 0.4) is 0 Å². The van der Waals surface area contributed by atoms with E-state index in [-0.39, 0.29) is 0 Å². The van der Waals surface area contributed by atoms with Gasteiger partial charge in [-0.05, 0) is 37.1 Å². The van der Waals surface area contributed by atoms with E-state index in [9.17, 15) is 0 Å². The van der Waals surface area contributed by atoms with Crippen LogP contribution in [0.1, 0.15) is 30.0 Å². The van der Waals surface area contributed by atoms with Gasteiger partial charge in [0.15, 0.2) is 0 Å². The fourth-order valence-electron chi connectivity index (χ4n) is 1.72. The third kappa shape index (κ3) is 3.67. The first-order valence-electron chi connectivity index (χ1n) is 5.82. The number of nitriles is 1. The quantitative estimate of drug-likeness (QED) is 0.756. The van der Waals surface area contributed by atoms with E-state index in [1.165, 1.54) is 16.7 Å². The normalized spacial score (nSPS) is 10.4. The number of hydrogen-bond acceptors (Lipinski definition) is 2. The molecule has 16 heavy (non-hydrogen) atoms. The maximum Gasteiger partial charge on any atom is 0.0635 e. The lowest BCUT2D eigenvalue weighted by Gasteiger charge is -2.19. The van der Waals surface area contributed by atoms with Crippen LogP contribution in [0.4, 0.5) is 0 Å². The van der Waals surface area contributed by atoms with E-state index in [2.05, 4.69) is 49.9 Å². The predicted octanol–water partition coefficient (Wildman–Crippen LogP) is 3.04. The second-order valence-electron chi connectivity index (χ2n) is 4.20. The van der Waals surface area contributed by atoms with Gasteiger partial charge in [-0.2, -0.15) is 5.26 Å². The van der Waals surface area contributed by atoms with Crippen molar-refractivity contribution >= 4 is 0 Å². The van der Waals surface area contributed by atoms with Crippen LogP contribution in [-0.4, -0.2) is 18.0 Å². The van der Waals surface area contributed by atoms with E-state index in [1.807, 2.05) is 0 Å². The van der Waals surface area contributed by atoms with Gasteiger partial charge in [0.2, 0.25) is 0 Å². The summed E-state index contributed by atoms with van der Waals surface area (Å²) in [7, 11) is 0. The fraction of sp³-hybridized carbons (Fsp3) is 0.500. The van der Waals surface area contributed by atoms with Gasteiger partial charge >= 0.3 is 0 Å². The van der Waals surface area contributed by atoms with Crippen molar-refractivity contribution in [3.63, 3.8) is 0 Å². The number of hydrogen-bond donors (Lipinski definition) is 0. The second kappa shape index (κ2) is 6.30. The van der Waals surface area contributed by atoms with Gasteiger partial charge in [-0.1, -0.05) is 25.1 Å². The van der Waals surface area contributed by atoms with Crippen molar-refractivity contribution in [3.05, 3.63) is 34.9 Å². The monoisotopic (exact) mass is 216 g/mol. The van der Waals surface area contributed by atoms with Crippen LogP contribution < -0.4 is 0 Å².